The molecule has 1 N–H and O–H groups in total. The van der Waals surface area contributed by atoms with Crippen molar-refractivity contribution in [1.82, 2.24) is 15.2 Å². The highest BCUT2D eigenvalue weighted by Gasteiger charge is 2.30. The minimum Gasteiger partial charge on any atom is -0.357 e. The summed E-state index contributed by atoms with van der Waals surface area (Å²) in [4.78, 5) is 11.8. The van der Waals surface area contributed by atoms with E-state index in [1.54, 1.807) is 11.3 Å². The minimum atomic E-state index is 0. The Morgan fingerprint density at radius 3 is 2.73 bits per heavy atom. The summed E-state index contributed by atoms with van der Waals surface area (Å²) in [6.45, 7) is 14.9. The number of nitrogens with zero attached hydrogens (tertiary/aromatic N) is 3. The maximum atomic E-state index is 4.78. The summed E-state index contributed by atoms with van der Waals surface area (Å²) in [5, 5.41) is 6.75. The Kier molecular flexibility index (Phi) is 7.58. The van der Waals surface area contributed by atoms with Crippen LogP contribution in [-0.2, 0) is 6.54 Å². The van der Waals surface area contributed by atoms with Gasteiger partial charge < -0.3 is 10.2 Å². The van der Waals surface area contributed by atoms with Crippen LogP contribution in [0.25, 0.3) is 0 Å². The third-order valence-corrected chi connectivity index (χ3v) is 4.96. The summed E-state index contributed by atoms with van der Waals surface area (Å²) in [6, 6.07) is 0. The molecule has 2 heterocycles. The molecule has 1 aromatic heterocycles. The van der Waals surface area contributed by atoms with E-state index in [0.717, 1.165) is 31.3 Å². The van der Waals surface area contributed by atoms with E-state index in [1.807, 2.05) is 0 Å². The van der Waals surface area contributed by atoms with Crippen molar-refractivity contribution in [1.29, 1.82) is 0 Å². The predicted octanol–water partition coefficient (Wildman–Crippen LogP) is 4.08. The lowest BCUT2D eigenvalue weighted by molar-refractivity contribution is 0.370. The second kappa shape index (κ2) is 8.47. The average molecular weight is 436 g/mol. The average Bonchev–Trinajstić information content (AvgIpc) is 3.01. The van der Waals surface area contributed by atoms with Crippen molar-refractivity contribution in [2.45, 2.75) is 53.5 Å². The van der Waals surface area contributed by atoms with Crippen molar-refractivity contribution in [3.63, 3.8) is 0 Å². The van der Waals surface area contributed by atoms with Crippen molar-refractivity contribution in [2.24, 2.45) is 10.4 Å². The molecule has 0 bridgehead atoms. The number of rotatable bonds is 4. The summed E-state index contributed by atoms with van der Waals surface area (Å²) in [5.41, 5.74) is 1.47. The van der Waals surface area contributed by atoms with E-state index in [-0.39, 0.29) is 24.0 Å². The lowest BCUT2D eigenvalue weighted by atomic mass is 9.93. The molecule has 1 fully saturated rings. The van der Waals surface area contributed by atoms with E-state index >= 15 is 0 Å². The zero-order valence-electron chi connectivity index (χ0n) is 14.3. The first-order valence-electron chi connectivity index (χ1n) is 7.89. The lowest BCUT2D eigenvalue weighted by Gasteiger charge is -2.23. The molecule has 0 aromatic carbocycles. The van der Waals surface area contributed by atoms with Gasteiger partial charge in [0.2, 0.25) is 0 Å². The number of aliphatic imine (C=N–C) groups is 1. The second-order valence-corrected chi connectivity index (χ2v) is 7.73. The molecule has 0 unspecified atom stereocenters. The maximum Gasteiger partial charge on any atom is 0.194 e. The first-order chi connectivity index (χ1) is 9.91. The summed E-state index contributed by atoms with van der Waals surface area (Å²) in [5.74, 6) is 1.53. The fourth-order valence-electron chi connectivity index (χ4n) is 2.54. The van der Waals surface area contributed by atoms with Gasteiger partial charge in [0.15, 0.2) is 5.96 Å². The molecule has 0 radical (unpaired) electrons. The molecule has 0 saturated carbocycles. The number of likely N-dealkylation sites (tertiary alicyclic amines) is 1. The Morgan fingerprint density at radius 1 is 1.50 bits per heavy atom. The van der Waals surface area contributed by atoms with Gasteiger partial charge in [-0.3, -0.25) is 0 Å². The van der Waals surface area contributed by atoms with Crippen LogP contribution >= 0.6 is 35.3 Å². The Morgan fingerprint density at radius 2 is 2.23 bits per heavy atom. The summed E-state index contributed by atoms with van der Waals surface area (Å²) >= 11 is 1.74. The molecule has 0 atom stereocenters. The van der Waals surface area contributed by atoms with Crippen molar-refractivity contribution < 1.29 is 0 Å². The summed E-state index contributed by atoms with van der Waals surface area (Å²) in [7, 11) is 0. The Labute approximate surface area is 155 Å². The van der Waals surface area contributed by atoms with Gasteiger partial charge in [0, 0.05) is 30.9 Å². The van der Waals surface area contributed by atoms with E-state index in [4.69, 9.17) is 4.99 Å². The first kappa shape index (κ1) is 19.7. The molecule has 0 spiro atoms. The highest BCUT2D eigenvalue weighted by molar-refractivity contribution is 14.0. The van der Waals surface area contributed by atoms with E-state index in [9.17, 15) is 0 Å². The van der Waals surface area contributed by atoms with Gasteiger partial charge in [0.25, 0.3) is 0 Å². The van der Waals surface area contributed by atoms with E-state index in [0.29, 0.717) is 17.9 Å². The molecule has 0 aliphatic carbocycles. The van der Waals surface area contributed by atoms with Crippen molar-refractivity contribution >= 4 is 41.3 Å². The van der Waals surface area contributed by atoms with Crippen molar-refractivity contribution in [3.8, 4) is 0 Å². The topological polar surface area (TPSA) is 40.5 Å². The number of halogens is 1. The predicted molar refractivity (Wildman–Crippen MR) is 106 cm³/mol. The fraction of sp³-hybridized carbons (Fsp3) is 0.750. The molecule has 0 amide bonds. The summed E-state index contributed by atoms with van der Waals surface area (Å²) < 4.78 is 0. The van der Waals surface area contributed by atoms with Gasteiger partial charge in [-0.25, -0.2) is 9.98 Å². The van der Waals surface area contributed by atoms with Crippen LogP contribution in [0.2, 0.25) is 0 Å². The fourth-order valence-corrected chi connectivity index (χ4v) is 3.36. The van der Waals surface area contributed by atoms with E-state index < -0.39 is 0 Å². The molecule has 4 nitrogen and oxygen atoms in total. The van der Waals surface area contributed by atoms with Crippen LogP contribution in [0.5, 0.6) is 0 Å². The molecule has 22 heavy (non-hydrogen) atoms. The van der Waals surface area contributed by atoms with E-state index in [1.165, 1.54) is 11.4 Å². The quantitative estimate of drug-likeness (QED) is 0.439. The molecule has 1 aliphatic rings. The maximum absolute atomic E-state index is 4.78. The highest BCUT2D eigenvalue weighted by atomic mass is 127. The molecule has 2 rings (SSSR count). The normalized spacial score (nSPS) is 17.7. The van der Waals surface area contributed by atoms with Gasteiger partial charge in [-0.15, -0.1) is 35.3 Å². The molecule has 1 saturated heterocycles. The van der Waals surface area contributed by atoms with Gasteiger partial charge >= 0.3 is 0 Å². The Hall–Kier alpha value is -0.370. The van der Waals surface area contributed by atoms with Gasteiger partial charge in [-0.2, -0.15) is 0 Å². The first-order valence-corrected chi connectivity index (χ1v) is 8.77. The van der Waals surface area contributed by atoms with Crippen LogP contribution < -0.4 is 5.32 Å². The summed E-state index contributed by atoms with van der Waals surface area (Å²) in [6.07, 6.45) is 1.23. The molecule has 126 valence electrons. The SMILES string of the molecule is CCNC(=NCc1csc(C(C)C)n1)N1CCC(C)(C)C1.I. The number of nitrogens with one attached hydrogen (secondary N) is 1. The number of guanidine groups is 1. The third kappa shape index (κ3) is 5.37. The van der Waals surface area contributed by atoms with E-state index in [2.05, 4.69) is 55.2 Å². The van der Waals surface area contributed by atoms with Crippen LogP contribution in [-0.4, -0.2) is 35.5 Å². The zero-order chi connectivity index (χ0) is 15.5. The number of thiazole rings is 1. The van der Waals surface area contributed by atoms with Crippen LogP contribution in [0, 0.1) is 5.41 Å². The van der Waals surface area contributed by atoms with Gasteiger partial charge in [0.05, 0.1) is 17.2 Å². The molecule has 6 heteroatoms. The second-order valence-electron chi connectivity index (χ2n) is 6.84. The smallest absolute Gasteiger partial charge is 0.194 e. The number of hydrogen-bond donors (Lipinski definition) is 1. The molecular weight excluding hydrogens is 407 g/mol. The monoisotopic (exact) mass is 436 g/mol. The Balaban J connectivity index is 0.00000242. The van der Waals surface area contributed by atoms with Crippen LogP contribution in [0.1, 0.15) is 57.7 Å². The van der Waals surface area contributed by atoms with Crippen molar-refractivity contribution in [2.75, 3.05) is 19.6 Å². The van der Waals surface area contributed by atoms with Crippen LogP contribution in [0.4, 0.5) is 0 Å². The third-order valence-electron chi connectivity index (χ3n) is 3.77. The Bertz CT molecular complexity index is 496. The minimum absolute atomic E-state index is 0. The zero-order valence-corrected chi connectivity index (χ0v) is 17.5. The molecular formula is C16H29IN4S. The van der Waals surface area contributed by atoms with Gasteiger partial charge in [-0.05, 0) is 18.8 Å². The lowest BCUT2D eigenvalue weighted by Crippen LogP contribution is -2.40. The van der Waals surface area contributed by atoms with Crippen molar-refractivity contribution in [3.05, 3.63) is 16.1 Å². The van der Waals surface area contributed by atoms with Crippen LogP contribution in [0.3, 0.4) is 0 Å². The molecule has 1 aliphatic heterocycles. The number of aromatic nitrogens is 1. The number of hydrogen-bond acceptors (Lipinski definition) is 3. The largest absolute Gasteiger partial charge is 0.357 e. The standard InChI is InChI=1S/C16H28N4S.HI/c1-6-17-15(20-8-7-16(4,5)11-20)18-9-13-10-21-14(19-13)12(2)3;/h10,12H,6-9,11H2,1-5H3,(H,17,18);1H. The van der Waals surface area contributed by atoms with Crippen LogP contribution in [0.15, 0.2) is 10.4 Å². The highest BCUT2D eigenvalue weighted by Crippen LogP contribution is 2.28. The van der Waals surface area contributed by atoms with Gasteiger partial charge in [-0.1, -0.05) is 27.7 Å². The van der Waals surface area contributed by atoms with Gasteiger partial charge in [0.1, 0.15) is 0 Å². The molecule has 1 aromatic rings.